The molecule has 106 valence electrons. The molecule has 0 radical (unpaired) electrons. The third-order valence-electron chi connectivity index (χ3n) is 2.51. The summed E-state index contributed by atoms with van der Waals surface area (Å²) in [5.41, 5.74) is 0. The summed E-state index contributed by atoms with van der Waals surface area (Å²) in [6.07, 6.45) is 5.15. The molecule has 3 nitrogen and oxygen atoms in total. The Morgan fingerprint density at radius 3 is 2.80 bits per heavy atom. The molecule has 1 aliphatic heterocycles. The van der Waals surface area contributed by atoms with Gasteiger partial charge in [-0.3, -0.25) is 0 Å². The van der Waals surface area contributed by atoms with Gasteiger partial charge >= 0.3 is 0 Å². The highest BCUT2D eigenvalue weighted by Gasteiger charge is 2.19. The van der Waals surface area contributed by atoms with E-state index >= 15 is 0 Å². The molecule has 0 N–H and O–H groups in total. The molecule has 1 saturated heterocycles. The lowest BCUT2D eigenvalue weighted by molar-refractivity contribution is 0.366. The minimum Gasteiger partial charge on any atom is -0.479 e. The van der Waals surface area contributed by atoms with Crippen molar-refractivity contribution in [1.82, 2.24) is 4.90 Å². The topological polar surface area (TPSA) is 21.7 Å². The van der Waals surface area contributed by atoms with Crippen molar-refractivity contribution in [2.24, 2.45) is 0 Å². The van der Waals surface area contributed by atoms with Gasteiger partial charge in [-0.2, -0.15) is 0 Å². The summed E-state index contributed by atoms with van der Waals surface area (Å²) in [5.74, 6) is 5.06. The second-order valence-electron chi connectivity index (χ2n) is 3.87. The van der Waals surface area contributed by atoms with Gasteiger partial charge in [0.05, 0.1) is 15.9 Å². The molecule has 1 aromatic carbocycles. The fraction of sp³-hybridized carbons (Fsp3) is 0.308. The highest BCUT2D eigenvalue weighted by Crippen LogP contribution is 2.36. The number of halogens is 2. The first-order chi connectivity index (χ1) is 9.61. The molecule has 1 aromatic rings. The highest BCUT2D eigenvalue weighted by molar-refractivity contribution is 7.99. The van der Waals surface area contributed by atoms with E-state index in [-0.39, 0.29) is 6.61 Å². The van der Waals surface area contributed by atoms with Crippen LogP contribution in [0.3, 0.4) is 0 Å². The second kappa shape index (κ2) is 7.28. The molecule has 2 rings (SSSR count). The van der Waals surface area contributed by atoms with Gasteiger partial charge in [-0.05, 0) is 18.3 Å². The van der Waals surface area contributed by atoms with Crippen LogP contribution in [0, 0.1) is 12.3 Å². The van der Waals surface area contributed by atoms with E-state index in [2.05, 4.69) is 5.92 Å². The summed E-state index contributed by atoms with van der Waals surface area (Å²) < 4.78 is 10.9. The molecule has 0 atom stereocenters. The first-order valence-electron chi connectivity index (χ1n) is 5.71. The molecule has 20 heavy (non-hydrogen) atoms. The van der Waals surface area contributed by atoms with Gasteiger partial charge in [-0.25, -0.2) is 0 Å². The summed E-state index contributed by atoms with van der Waals surface area (Å²) >= 11 is 19.2. The van der Waals surface area contributed by atoms with Crippen molar-refractivity contribution in [3.8, 4) is 23.8 Å². The number of benzene rings is 1. The molecule has 0 saturated carbocycles. The third kappa shape index (κ3) is 3.86. The van der Waals surface area contributed by atoms with Crippen molar-refractivity contribution in [3.05, 3.63) is 22.2 Å². The number of hydrogen-bond donors (Lipinski definition) is 0. The number of terminal acetylenes is 1. The summed E-state index contributed by atoms with van der Waals surface area (Å²) in [6.45, 7) is 0.989. The van der Waals surface area contributed by atoms with Crippen LogP contribution in [0.2, 0.25) is 10.0 Å². The van der Waals surface area contributed by atoms with Gasteiger partial charge in [0.1, 0.15) is 12.4 Å². The maximum Gasteiger partial charge on any atom is 0.265 e. The number of rotatable bonds is 3. The van der Waals surface area contributed by atoms with Crippen molar-refractivity contribution in [2.45, 2.75) is 0 Å². The molecule has 1 fully saturated rings. The fourth-order valence-corrected chi connectivity index (χ4v) is 3.28. The van der Waals surface area contributed by atoms with Gasteiger partial charge in [0.2, 0.25) is 0 Å². The minimum atomic E-state index is 0.119. The Morgan fingerprint density at radius 2 is 2.15 bits per heavy atom. The van der Waals surface area contributed by atoms with Crippen molar-refractivity contribution in [1.29, 1.82) is 0 Å². The van der Waals surface area contributed by atoms with Gasteiger partial charge in [0.15, 0.2) is 5.75 Å². The number of thiocarbonyl (C=S) groups is 1. The SMILES string of the molecule is C#CCOc1cc(OC(=S)N2CCSC2)c(Cl)cc1Cl. The Kier molecular flexibility index (Phi) is 5.67. The molecular weight excluding hydrogens is 337 g/mol. The Balaban J connectivity index is 2.13. The Bertz CT molecular complexity index is 554. The number of nitrogens with zero attached hydrogens (tertiary/aromatic N) is 1. The smallest absolute Gasteiger partial charge is 0.265 e. The molecular formula is C13H11Cl2NO2S2. The van der Waals surface area contributed by atoms with Crippen LogP contribution in [0.15, 0.2) is 12.1 Å². The van der Waals surface area contributed by atoms with Crippen LogP contribution in [-0.2, 0) is 0 Å². The monoisotopic (exact) mass is 347 g/mol. The zero-order chi connectivity index (χ0) is 14.5. The van der Waals surface area contributed by atoms with Crippen molar-refractivity contribution >= 4 is 52.4 Å². The summed E-state index contributed by atoms with van der Waals surface area (Å²) in [7, 11) is 0. The second-order valence-corrected chi connectivity index (χ2v) is 6.11. The van der Waals surface area contributed by atoms with Gasteiger partial charge < -0.3 is 14.4 Å². The van der Waals surface area contributed by atoms with Crippen LogP contribution in [0.25, 0.3) is 0 Å². The van der Waals surface area contributed by atoms with Crippen LogP contribution in [0.5, 0.6) is 11.5 Å². The molecule has 0 unspecified atom stereocenters. The minimum absolute atomic E-state index is 0.119. The van der Waals surface area contributed by atoms with Crippen molar-refractivity contribution < 1.29 is 9.47 Å². The predicted octanol–water partition coefficient (Wildman–Crippen LogP) is 3.68. The quantitative estimate of drug-likeness (QED) is 0.612. The fourth-order valence-electron chi connectivity index (χ4n) is 1.54. The van der Waals surface area contributed by atoms with E-state index in [9.17, 15) is 0 Å². The van der Waals surface area contributed by atoms with E-state index in [1.807, 2.05) is 4.90 Å². The van der Waals surface area contributed by atoms with Crippen LogP contribution in [0.4, 0.5) is 0 Å². The van der Waals surface area contributed by atoms with E-state index in [0.717, 1.165) is 18.2 Å². The highest BCUT2D eigenvalue weighted by atomic mass is 35.5. The zero-order valence-electron chi connectivity index (χ0n) is 10.4. The van der Waals surface area contributed by atoms with Gasteiger partial charge in [0.25, 0.3) is 5.17 Å². The Labute approximate surface area is 137 Å². The van der Waals surface area contributed by atoms with E-state index in [1.54, 1.807) is 23.9 Å². The van der Waals surface area contributed by atoms with Crippen LogP contribution >= 0.6 is 47.2 Å². The van der Waals surface area contributed by atoms with E-state index in [0.29, 0.717) is 26.7 Å². The van der Waals surface area contributed by atoms with Crippen LogP contribution in [0.1, 0.15) is 0 Å². The van der Waals surface area contributed by atoms with Gasteiger partial charge in [-0.15, -0.1) is 18.2 Å². The first kappa shape index (κ1) is 15.6. The average molecular weight is 348 g/mol. The first-order valence-corrected chi connectivity index (χ1v) is 8.03. The number of hydrogen-bond acceptors (Lipinski definition) is 4. The largest absolute Gasteiger partial charge is 0.479 e. The average Bonchev–Trinajstić information content (AvgIpc) is 2.94. The predicted molar refractivity (Wildman–Crippen MR) is 88.0 cm³/mol. The molecule has 1 aliphatic rings. The van der Waals surface area contributed by atoms with E-state index < -0.39 is 0 Å². The standard InChI is InChI=1S/C13H11Cl2NO2S2/c1-2-4-17-11-7-12(10(15)6-9(11)14)18-13(19)16-3-5-20-8-16/h1,6-7H,3-5,8H2. The molecule has 0 bridgehead atoms. The summed E-state index contributed by atoms with van der Waals surface area (Å²) in [4.78, 5) is 1.97. The summed E-state index contributed by atoms with van der Waals surface area (Å²) in [6, 6.07) is 3.14. The molecule has 0 aliphatic carbocycles. The van der Waals surface area contributed by atoms with Crippen molar-refractivity contribution in [3.63, 3.8) is 0 Å². The summed E-state index contributed by atoms with van der Waals surface area (Å²) in [5, 5.41) is 1.14. The number of thioether (sulfide) groups is 1. The zero-order valence-corrected chi connectivity index (χ0v) is 13.5. The Morgan fingerprint density at radius 1 is 1.40 bits per heavy atom. The maximum absolute atomic E-state index is 6.10. The van der Waals surface area contributed by atoms with Crippen LogP contribution < -0.4 is 9.47 Å². The molecule has 0 aromatic heterocycles. The van der Waals surface area contributed by atoms with Gasteiger partial charge in [-0.1, -0.05) is 29.1 Å². The van der Waals surface area contributed by atoms with E-state index in [4.69, 9.17) is 51.3 Å². The van der Waals surface area contributed by atoms with E-state index in [1.165, 1.54) is 0 Å². The lowest BCUT2D eigenvalue weighted by atomic mass is 10.3. The van der Waals surface area contributed by atoms with Crippen molar-refractivity contribution in [2.75, 3.05) is 24.8 Å². The molecule has 0 amide bonds. The maximum atomic E-state index is 6.10. The lowest BCUT2D eigenvalue weighted by Gasteiger charge is -2.18. The lowest BCUT2D eigenvalue weighted by Crippen LogP contribution is -2.30. The molecule has 1 heterocycles. The molecule has 7 heteroatoms. The Hall–Kier alpha value is -0.800. The normalized spacial score (nSPS) is 13.9. The number of ether oxygens (including phenoxy) is 2. The van der Waals surface area contributed by atoms with Crippen LogP contribution in [-0.4, -0.2) is 34.9 Å². The molecule has 0 spiro atoms. The van der Waals surface area contributed by atoms with Gasteiger partial charge in [0, 0.05) is 18.4 Å². The third-order valence-corrected chi connectivity index (χ3v) is 4.40.